The summed E-state index contributed by atoms with van der Waals surface area (Å²) < 4.78 is 2.24. The molecule has 4 heteroatoms. The van der Waals surface area contributed by atoms with Gasteiger partial charge in [0.2, 0.25) is 0 Å². The van der Waals surface area contributed by atoms with Crippen LogP contribution in [0.4, 0.5) is 11.4 Å². The number of rotatable bonds is 6. The molecule has 0 aliphatic rings. The highest BCUT2D eigenvalue weighted by Gasteiger charge is 2.43. The zero-order valence-corrected chi connectivity index (χ0v) is 27.1. The van der Waals surface area contributed by atoms with E-state index in [4.69, 9.17) is 13.1 Å². The minimum atomic E-state index is -2.97. The van der Waals surface area contributed by atoms with Crippen molar-refractivity contribution in [2.75, 3.05) is 0 Å². The SMILES string of the molecule is [C-]#[N+]c1cc(-c2cccc([Si](c3ccccc3)(c3ccccc3)c3ccccc3)c2[N+]#[C-])cc(-n2c3ccccc3c3ccccc32)c1. The fourth-order valence-corrected chi connectivity index (χ4v) is 12.3. The largest absolute Gasteiger partial charge is 0.310 e. The van der Waals surface area contributed by atoms with Gasteiger partial charge in [0.05, 0.1) is 24.2 Å². The average Bonchev–Trinajstić information content (AvgIpc) is 3.50. The monoisotopic (exact) mass is 627 g/mol. The summed E-state index contributed by atoms with van der Waals surface area (Å²) in [6, 6.07) is 61.1. The first-order chi connectivity index (χ1) is 23.7. The molecule has 3 nitrogen and oxygen atoms in total. The molecule has 0 spiro atoms. The summed E-state index contributed by atoms with van der Waals surface area (Å²) >= 11 is 0. The van der Waals surface area contributed by atoms with Crippen molar-refractivity contribution in [3.63, 3.8) is 0 Å². The zero-order valence-electron chi connectivity index (χ0n) is 26.1. The van der Waals surface area contributed by atoms with Crippen molar-refractivity contribution in [3.8, 4) is 16.8 Å². The van der Waals surface area contributed by atoms with Crippen molar-refractivity contribution < 1.29 is 0 Å². The number of nitrogens with zero attached hydrogens (tertiary/aromatic N) is 3. The Kier molecular flexibility index (Phi) is 7.27. The first kappa shape index (κ1) is 29.0. The summed E-state index contributed by atoms with van der Waals surface area (Å²) in [6.45, 7) is 16.8. The summed E-state index contributed by atoms with van der Waals surface area (Å²) in [5.74, 6) is 0. The molecule has 0 aliphatic carbocycles. The Bertz CT molecular complexity index is 2370. The van der Waals surface area contributed by atoms with Crippen molar-refractivity contribution in [2.45, 2.75) is 0 Å². The van der Waals surface area contributed by atoms with Crippen molar-refractivity contribution in [1.29, 1.82) is 0 Å². The standard InChI is InChI=1S/C44H29N3Si/c1-45-33-29-32(30-34(31-33)47-41-26-14-12-23-39(41)40-24-13-15-27-42(40)47)38-25-16-28-43(44(38)46-2)48(35-17-6-3-7-18-35,36-19-8-4-9-20-36)37-21-10-5-11-22-37/h3-31H. The van der Waals surface area contributed by atoms with Gasteiger partial charge in [-0.25, -0.2) is 9.69 Å². The van der Waals surface area contributed by atoms with E-state index in [1.165, 1.54) is 15.6 Å². The third-order valence-corrected chi connectivity index (χ3v) is 14.2. The van der Waals surface area contributed by atoms with Gasteiger partial charge in [0.15, 0.2) is 19.4 Å². The lowest BCUT2D eigenvalue weighted by molar-refractivity contribution is 1.18. The lowest BCUT2D eigenvalue weighted by atomic mass is 10.0. The predicted octanol–water partition coefficient (Wildman–Crippen LogP) is 8.93. The number of aromatic nitrogens is 1. The van der Waals surface area contributed by atoms with E-state index in [9.17, 15) is 0 Å². The van der Waals surface area contributed by atoms with Gasteiger partial charge in [0.1, 0.15) is 0 Å². The first-order valence-corrected chi connectivity index (χ1v) is 17.9. The van der Waals surface area contributed by atoms with E-state index >= 15 is 0 Å². The van der Waals surface area contributed by atoms with Crippen LogP contribution < -0.4 is 20.7 Å². The van der Waals surface area contributed by atoms with Gasteiger partial charge in [-0.15, -0.1) is 0 Å². The Hall–Kier alpha value is -6.46. The van der Waals surface area contributed by atoms with E-state index in [-0.39, 0.29) is 0 Å². The molecule has 0 radical (unpaired) electrons. The molecule has 0 saturated heterocycles. The molecule has 0 aliphatic heterocycles. The normalized spacial score (nSPS) is 11.3. The maximum absolute atomic E-state index is 8.73. The van der Waals surface area contributed by atoms with Gasteiger partial charge in [-0.2, -0.15) is 0 Å². The molecule has 1 heterocycles. The summed E-state index contributed by atoms with van der Waals surface area (Å²) in [4.78, 5) is 8.26. The van der Waals surface area contributed by atoms with Crippen LogP contribution in [0.2, 0.25) is 0 Å². The van der Waals surface area contributed by atoms with Gasteiger partial charge < -0.3 is 4.57 Å². The fraction of sp³-hybridized carbons (Fsp3) is 0. The van der Waals surface area contributed by atoms with Crippen molar-refractivity contribution in [1.82, 2.24) is 4.57 Å². The molecule has 48 heavy (non-hydrogen) atoms. The molecule has 7 aromatic carbocycles. The quantitative estimate of drug-likeness (QED) is 0.0993. The molecule has 1 aromatic heterocycles. The van der Waals surface area contributed by atoms with E-state index in [2.05, 4.69) is 172 Å². The Morgan fingerprint density at radius 3 is 1.46 bits per heavy atom. The molecule has 0 bridgehead atoms. The molecule has 8 rings (SSSR count). The van der Waals surface area contributed by atoms with Crippen LogP contribution in [0.1, 0.15) is 0 Å². The predicted molar refractivity (Wildman–Crippen MR) is 202 cm³/mol. The fourth-order valence-electron chi connectivity index (χ4n) is 7.38. The molecular formula is C44H29N3Si. The maximum atomic E-state index is 8.73. The second-order valence-electron chi connectivity index (χ2n) is 11.9. The van der Waals surface area contributed by atoms with Crippen LogP contribution in [0, 0.1) is 13.1 Å². The average molecular weight is 628 g/mol. The highest BCUT2D eigenvalue weighted by atomic mass is 28.3. The van der Waals surface area contributed by atoms with Crippen LogP contribution in [0.5, 0.6) is 0 Å². The molecule has 0 unspecified atom stereocenters. The number of para-hydroxylation sites is 3. The maximum Gasteiger partial charge on any atom is 0.195 e. The van der Waals surface area contributed by atoms with Crippen molar-refractivity contribution in [3.05, 3.63) is 199 Å². The number of hydrogen-bond donors (Lipinski definition) is 0. The lowest BCUT2D eigenvalue weighted by Crippen LogP contribution is -2.74. The highest BCUT2D eigenvalue weighted by molar-refractivity contribution is 7.20. The number of hydrogen-bond acceptors (Lipinski definition) is 0. The Balaban J connectivity index is 1.44. The minimum Gasteiger partial charge on any atom is -0.310 e. The molecule has 8 aromatic rings. The Labute approximate surface area is 281 Å². The summed E-state index contributed by atoms with van der Waals surface area (Å²) in [5, 5.41) is 7.00. The number of fused-ring (bicyclic) bond motifs is 3. The van der Waals surface area contributed by atoms with E-state index in [1.807, 2.05) is 18.2 Å². The molecule has 0 atom stereocenters. The molecule has 0 N–H and O–H groups in total. The van der Waals surface area contributed by atoms with Gasteiger partial charge in [0, 0.05) is 16.5 Å². The van der Waals surface area contributed by atoms with Crippen LogP contribution in [0.15, 0.2) is 176 Å². The molecular weight excluding hydrogens is 599 g/mol. The molecule has 0 amide bonds. The Morgan fingerprint density at radius 2 is 0.958 bits per heavy atom. The second-order valence-corrected chi connectivity index (χ2v) is 15.7. The van der Waals surface area contributed by atoms with E-state index in [0.29, 0.717) is 11.4 Å². The van der Waals surface area contributed by atoms with Crippen LogP contribution in [0.3, 0.4) is 0 Å². The van der Waals surface area contributed by atoms with Gasteiger partial charge >= 0.3 is 0 Å². The van der Waals surface area contributed by atoms with E-state index in [0.717, 1.165) is 43.8 Å². The third-order valence-electron chi connectivity index (χ3n) is 9.35. The molecule has 0 saturated carbocycles. The highest BCUT2D eigenvalue weighted by Crippen LogP contribution is 2.38. The number of benzene rings is 7. The second kappa shape index (κ2) is 12.0. The first-order valence-electron chi connectivity index (χ1n) is 15.9. The van der Waals surface area contributed by atoms with Gasteiger partial charge in [0.25, 0.3) is 0 Å². The summed E-state index contributed by atoms with van der Waals surface area (Å²) in [7, 11) is -2.97. The lowest BCUT2D eigenvalue weighted by Gasteiger charge is -2.35. The Morgan fingerprint density at radius 1 is 0.458 bits per heavy atom. The van der Waals surface area contributed by atoms with Gasteiger partial charge in [-0.3, -0.25) is 0 Å². The van der Waals surface area contributed by atoms with E-state index in [1.54, 1.807) is 0 Å². The van der Waals surface area contributed by atoms with Crippen molar-refractivity contribution in [2.24, 2.45) is 0 Å². The van der Waals surface area contributed by atoms with Gasteiger partial charge in [-0.1, -0.05) is 146 Å². The third kappa shape index (κ3) is 4.55. The van der Waals surface area contributed by atoms with Crippen LogP contribution in [-0.4, -0.2) is 12.6 Å². The van der Waals surface area contributed by atoms with Crippen molar-refractivity contribution >= 4 is 62.0 Å². The summed E-state index contributed by atoms with van der Waals surface area (Å²) in [6.07, 6.45) is 0. The van der Waals surface area contributed by atoms with Crippen LogP contribution in [0.25, 0.3) is 48.3 Å². The topological polar surface area (TPSA) is 13.7 Å². The van der Waals surface area contributed by atoms with E-state index < -0.39 is 8.07 Å². The van der Waals surface area contributed by atoms with Crippen LogP contribution >= 0.6 is 0 Å². The van der Waals surface area contributed by atoms with Crippen LogP contribution in [-0.2, 0) is 0 Å². The molecule has 0 fully saturated rings. The van der Waals surface area contributed by atoms with Gasteiger partial charge in [-0.05, 0) is 62.2 Å². The minimum absolute atomic E-state index is 0.531. The zero-order chi connectivity index (χ0) is 32.5. The summed E-state index contributed by atoms with van der Waals surface area (Å²) in [5.41, 5.74) is 5.89. The smallest absolute Gasteiger partial charge is 0.195 e. The molecule has 224 valence electrons.